The molecule has 1 saturated heterocycles. The zero-order chi connectivity index (χ0) is 19.6. The minimum Gasteiger partial charge on any atom is -0.477 e. The van der Waals surface area contributed by atoms with E-state index in [4.69, 9.17) is 10.7 Å². The molecule has 2 aromatic heterocycles. The molecule has 5 N–H and O–H groups in total. The van der Waals surface area contributed by atoms with Gasteiger partial charge >= 0.3 is 12.0 Å². The SMILES string of the molecule is CCCc1cc(N2CCC(NC(=O)NC)CC2)nc2sc(C(=O)O)c(N)c12. The normalized spacial score (nSPS) is 15.1. The van der Waals surface area contributed by atoms with Gasteiger partial charge in [0.25, 0.3) is 0 Å². The number of urea groups is 1. The third kappa shape index (κ3) is 3.92. The van der Waals surface area contributed by atoms with Gasteiger partial charge < -0.3 is 26.4 Å². The lowest BCUT2D eigenvalue weighted by Gasteiger charge is -2.33. The van der Waals surface area contributed by atoms with E-state index in [1.54, 1.807) is 7.05 Å². The Morgan fingerprint density at radius 2 is 2.11 bits per heavy atom. The van der Waals surface area contributed by atoms with Gasteiger partial charge in [-0.15, -0.1) is 11.3 Å². The average Bonchev–Trinajstić information content (AvgIpc) is 2.99. The van der Waals surface area contributed by atoms with Crippen LogP contribution in [0.1, 0.15) is 41.4 Å². The summed E-state index contributed by atoms with van der Waals surface area (Å²) in [6.45, 7) is 3.65. The van der Waals surface area contributed by atoms with Crippen molar-refractivity contribution in [2.24, 2.45) is 0 Å². The number of nitrogen functional groups attached to an aromatic ring is 1. The van der Waals surface area contributed by atoms with Gasteiger partial charge in [-0.1, -0.05) is 13.3 Å². The van der Waals surface area contributed by atoms with Crippen molar-refractivity contribution < 1.29 is 14.7 Å². The number of piperidine rings is 1. The second kappa shape index (κ2) is 7.99. The van der Waals surface area contributed by atoms with E-state index in [1.807, 2.05) is 6.07 Å². The van der Waals surface area contributed by atoms with Crippen LogP contribution in [0.3, 0.4) is 0 Å². The number of pyridine rings is 1. The maximum atomic E-state index is 11.5. The molecule has 1 aliphatic heterocycles. The van der Waals surface area contributed by atoms with Crippen LogP contribution >= 0.6 is 11.3 Å². The molecular weight excluding hydrogens is 366 g/mol. The first kappa shape index (κ1) is 19.2. The number of anilines is 2. The first-order valence-corrected chi connectivity index (χ1v) is 9.94. The van der Waals surface area contributed by atoms with Gasteiger partial charge in [-0.25, -0.2) is 14.6 Å². The van der Waals surface area contributed by atoms with Gasteiger partial charge in [0, 0.05) is 31.6 Å². The average molecular weight is 391 g/mol. The summed E-state index contributed by atoms with van der Waals surface area (Å²) < 4.78 is 0. The Kier molecular flexibility index (Phi) is 5.69. The van der Waals surface area contributed by atoms with Crippen molar-refractivity contribution in [2.75, 3.05) is 30.8 Å². The molecule has 27 heavy (non-hydrogen) atoms. The second-order valence-corrected chi connectivity index (χ2v) is 7.70. The van der Waals surface area contributed by atoms with Crippen molar-refractivity contribution in [3.63, 3.8) is 0 Å². The highest BCUT2D eigenvalue weighted by Gasteiger charge is 2.24. The predicted molar refractivity (Wildman–Crippen MR) is 108 cm³/mol. The van der Waals surface area contributed by atoms with Gasteiger partial charge in [-0.05, 0) is 30.9 Å². The van der Waals surface area contributed by atoms with Gasteiger partial charge in [0.15, 0.2) is 0 Å². The number of aromatic carboxylic acids is 1. The number of hydrogen-bond acceptors (Lipinski definition) is 6. The molecule has 1 fully saturated rings. The van der Waals surface area contributed by atoms with Crippen LogP contribution < -0.4 is 21.3 Å². The Morgan fingerprint density at radius 1 is 1.41 bits per heavy atom. The number of aromatic nitrogens is 1. The first-order valence-electron chi connectivity index (χ1n) is 9.13. The maximum Gasteiger partial charge on any atom is 0.348 e. The van der Waals surface area contributed by atoms with E-state index in [0.29, 0.717) is 10.5 Å². The summed E-state index contributed by atoms with van der Waals surface area (Å²) in [7, 11) is 1.61. The number of fused-ring (bicyclic) bond motifs is 1. The number of nitrogens with zero attached hydrogens (tertiary/aromatic N) is 2. The van der Waals surface area contributed by atoms with Gasteiger partial charge in [-0.3, -0.25) is 0 Å². The monoisotopic (exact) mass is 391 g/mol. The highest BCUT2D eigenvalue weighted by atomic mass is 32.1. The van der Waals surface area contributed by atoms with E-state index in [1.165, 1.54) is 0 Å². The van der Waals surface area contributed by atoms with E-state index in [9.17, 15) is 14.7 Å². The molecule has 146 valence electrons. The molecule has 8 nitrogen and oxygen atoms in total. The lowest BCUT2D eigenvalue weighted by atomic mass is 10.0. The highest BCUT2D eigenvalue weighted by Crippen LogP contribution is 2.37. The van der Waals surface area contributed by atoms with Crippen LogP contribution in [0.4, 0.5) is 16.3 Å². The van der Waals surface area contributed by atoms with Gasteiger partial charge in [-0.2, -0.15) is 0 Å². The standard InChI is InChI=1S/C18H25N5O3S/c1-3-4-10-9-12(22-16-13(10)14(19)15(27-16)17(24)25)23-7-5-11(6-8-23)21-18(26)20-2/h9,11H,3-8,19H2,1-2H3,(H,24,25)(H2,20,21,26). The molecular formula is C18H25N5O3S. The Balaban J connectivity index is 1.87. The van der Waals surface area contributed by atoms with E-state index >= 15 is 0 Å². The summed E-state index contributed by atoms with van der Waals surface area (Å²) in [6.07, 6.45) is 3.43. The molecule has 2 amide bonds. The fourth-order valence-corrected chi connectivity index (χ4v) is 4.46. The van der Waals surface area contributed by atoms with Crippen LogP contribution in [0.25, 0.3) is 10.2 Å². The van der Waals surface area contributed by atoms with Crippen molar-refractivity contribution in [1.82, 2.24) is 15.6 Å². The summed E-state index contributed by atoms with van der Waals surface area (Å²) in [4.78, 5) is 30.7. The molecule has 0 radical (unpaired) electrons. The van der Waals surface area contributed by atoms with Crippen molar-refractivity contribution in [3.8, 4) is 0 Å². The summed E-state index contributed by atoms with van der Waals surface area (Å²) in [5.41, 5.74) is 7.47. The summed E-state index contributed by atoms with van der Waals surface area (Å²) in [5, 5.41) is 15.7. The van der Waals surface area contributed by atoms with Crippen LogP contribution in [-0.4, -0.2) is 48.3 Å². The van der Waals surface area contributed by atoms with Crippen molar-refractivity contribution in [2.45, 2.75) is 38.6 Å². The number of hydrogen-bond donors (Lipinski definition) is 4. The minimum absolute atomic E-state index is 0.149. The Bertz CT molecular complexity index is 858. The third-order valence-electron chi connectivity index (χ3n) is 4.86. The lowest BCUT2D eigenvalue weighted by Crippen LogP contribution is -2.47. The molecule has 0 aromatic carbocycles. The summed E-state index contributed by atoms with van der Waals surface area (Å²) >= 11 is 1.13. The molecule has 0 bridgehead atoms. The molecule has 0 spiro atoms. The van der Waals surface area contributed by atoms with Crippen LogP contribution in [-0.2, 0) is 6.42 Å². The number of nitrogens with two attached hydrogens (primary N) is 1. The number of rotatable bonds is 5. The van der Waals surface area contributed by atoms with Crippen LogP contribution in [0.2, 0.25) is 0 Å². The first-order chi connectivity index (χ1) is 12.9. The number of carbonyl (C=O) groups is 2. The number of carboxylic acid groups (broad SMARTS) is 1. The molecule has 1 aliphatic rings. The molecule has 0 atom stereocenters. The number of thiophene rings is 1. The second-order valence-electron chi connectivity index (χ2n) is 6.70. The number of aryl methyl sites for hydroxylation is 1. The molecule has 3 heterocycles. The lowest BCUT2D eigenvalue weighted by molar-refractivity contribution is 0.0703. The number of amides is 2. The summed E-state index contributed by atoms with van der Waals surface area (Å²) in [6, 6.07) is 2.03. The van der Waals surface area contributed by atoms with Crippen molar-refractivity contribution in [1.29, 1.82) is 0 Å². The minimum atomic E-state index is -1.01. The Morgan fingerprint density at radius 3 is 2.70 bits per heavy atom. The summed E-state index contributed by atoms with van der Waals surface area (Å²) in [5.74, 6) is -0.164. The van der Waals surface area contributed by atoms with Crippen LogP contribution in [0.5, 0.6) is 0 Å². The fourth-order valence-electron chi connectivity index (χ4n) is 3.48. The van der Waals surface area contributed by atoms with Crippen LogP contribution in [0, 0.1) is 0 Å². The third-order valence-corrected chi connectivity index (χ3v) is 5.95. The highest BCUT2D eigenvalue weighted by molar-refractivity contribution is 7.21. The maximum absolute atomic E-state index is 11.5. The molecule has 3 rings (SSSR count). The number of carboxylic acids is 1. The quantitative estimate of drug-likeness (QED) is 0.621. The largest absolute Gasteiger partial charge is 0.477 e. The Labute approximate surface area is 161 Å². The molecule has 2 aromatic rings. The van der Waals surface area contributed by atoms with Gasteiger partial charge in [0.1, 0.15) is 15.5 Å². The van der Waals surface area contributed by atoms with Gasteiger partial charge in [0.05, 0.1) is 5.69 Å². The number of carbonyl (C=O) groups excluding carboxylic acids is 1. The van der Waals surface area contributed by atoms with E-state index in [2.05, 4.69) is 22.5 Å². The molecule has 0 saturated carbocycles. The smallest absolute Gasteiger partial charge is 0.348 e. The fraction of sp³-hybridized carbons (Fsp3) is 0.500. The van der Waals surface area contributed by atoms with E-state index in [-0.39, 0.29) is 17.0 Å². The van der Waals surface area contributed by atoms with E-state index in [0.717, 1.165) is 66.9 Å². The predicted octanol–water partition coefficient (Wildman–Crippen LogP) is 2.43. The number of nitrogens with one attached hydrogen (secondary N) is 2. The van der Waals surface area contributed by atoms with Crippen molar-refractivity contribution >= 4 is 45.1 Å². The molecule has 9 heteroatoms. The molecule has 0 aliphatic carbocycles. The zero-order valence-corrected chi connectivity index (χ0v) is 16.4. The van der Waals surface area contributed by atoms with Crippen molar-refractivity contribution in [3.05, 3.63) is 16.5 Å². The zero-order valence-electron chi connectivity index (χ0n) is 15.5. The molecule has 0 unspecified atom stereocenters. The topological polar surface area (TPSA) is 121 Å². The van der Waals surface area contributed by atoms with Crippen LogP contribution in [0.15, 0.2) is 6.07 Å². The van der Waals surface area contributed by atoms with E-state index < -0.39 is 5.97 Å². The Hall–Kier alpha value is -2.55. The van der Waals surface area contributed by atoms with Gasteiger partial charge in [0.2, 0.25) is 0 Å².